The summed E-state index contributed by atoms with van der Waals surface area (Å²) in [7, 11) is 1.70. The Labute approximate surface area is 157 Å². The van der Waals surface area contributed by atoms with Crippen molar-refractivity contribution in [3.05, 3.63) is 29.8 Å². The van der Waals surface area contributed by atoms with Crippen molar-refractivity contribution in [2.24, 2.45) is 5.92 Å². The molecule has 0 aromatic heterocycles. The molecular formula is C20H31ClN2O2. The maximum Gasteiger partial charge on any atom is 0.223 e. The van der Waals surface area contributed by atoms with Gasteiger partial charge in [0.15, 0.2) is 0 Å². The molecule has 5 heteroatoms. The van der Waals surface area contributed by atoms with Gasteiger partial charge in [-0.05, 0) is 24.8 Å². The maximum absolute atomic E-state index is 12.8. The van der Waals surface area contributed by atoms with E-state index in [-0.39, 0.29) is 18.4 Å². The van der Waals surface area contributed by atoms with Crippen molar-refractivity contribution in [3.63, 3.8) is 0 Å². The van der Waals surface area contributed by atoms with Gasteiger partial charge in [0.05, 0.1) is 13.2 Å². The number of methoxy groups -OCH3 is 1. The van der Waals surface area contributed by atoms with Crippen LogP contribution in [0.25, 0.3) is 0 Å². The van der Waals surface area contributed by atoms with Gasteiger partial charge in [-0.15, -0.1) is 12.4 Å². The number of carbonyl (C=O) groups excluding carboxylic acids is 1. The van der Waals surface area contributed by atoms with Gasteiger partial charge in [-0.3, -0.25) is 4.79 Å². The average molecular weight is 367 g/mol. The van der Waals surface area contributed by atoms with Gasteiger partial charge in [0, 0.05) is 31.6 Å². The highest BCUT2D eigenvalue weighted by Gasteiger charge is 2.29. The number of halogens is 1. The molecule has 1 aromatic carbocycles. The van der Waals surface area contributed by atoms with E-state index < -0.39 is 0 Å². The summed E-state index contributed by atoms with van der Waals surface area (Å²) in [5.41, 5.74) is 1.11. The van der Waals surface area contributed by atoms with Crippen LogP contribution in [0.4, 0.5) is 0 Å². The third-order valence-electron chi connectivity index (χ3n) is 5.54. The molecule has 0 bridgehead atoms. The Hall–Kier alpha value is -1.26. The molecule has 1 heterocycles. The highest BCUT2D eigenvalue weighted by molar-refractivity contribution is 5.85. The molecule has 1 unspecified atom stereocenters. The van der Waals surface area contributed by atoms with E-state index in [0.717, 1.165) is 43.3 Å². The number of rotatable bonds is 6. The molecule has 1 saturated heterocycles. The van der Waals surface area contributed by atoms with Gasteiger partial charge in [0.2, 0.25) is 5.91 Å². The predicted molar refractivity (Wildman–Crippen MR) is 103 cm³/mol. The van der Waals surface area contributed by atoms with Crippen LogP contribution >= 0.6 is 12.4 Å². The fourth-order valence-corrected chi connectivity index (χ4v) is 4.21. The summed E-state index contributed by atoms with van der Waals surface area (Å²) in [6.45, 7) is 2.46. The first-order valence-corrected chi connectivity index (χ1v) is 9.42. The van der Waals surface area contributed by atoms with E-state index in [4.69, 9.17) is 4.74 Å². The van der Waals surface area contributed by atoms with Crippen molar-refractivity contribution in [2.75, 3.05) is 26.7 Å². The average Bonchev–Trinajstić information content (AvgIpc) is 3.15. The second kappa shape index (κ2) is 10.0. The third-order valence-corrected chi connectivity index (χ3v) is 5.54. The molecule has 4 nitrogen and oxygen atoms in total. The van der Waals surface area contributed by atoms with Crippen LogP contribution in [0.3, 0.4) is 0 Å². The number of nitrogens with zero attached hydrogens (tertiary/aromatic N) is 1. The molecular weight excluding hydrogens is 336 g/mol. The first kappa shape index (κ1) is 20.1. The Morgan fingerprint density at radius 3 is 2.80 bits per heavy atom. The maximum atomic E-state index is 12.8. The Bertz CT molecular complexity index is 546. The molecule has 1 N–H and O–H groups in total. The summed E-state index contributed by atoms with van der Waals surface area (Å²) >= 11 is 0. The third kappa shape index (κ3) is 5.11. The second-order valence-electron chi connectivity index (χ2n) is 7.09. The molecule has 25 heavy (non-hydrogen) atoms. The number of benzene rings is 1. The minimum absolute atomic E-state index is 0. The van der Waals surface area contributed by atoms with E-state index in [2.05, 4.69) is 16.3 Å². The molecule has 3 rings (SSSR count). The highest BCUT2D eigenvalue weighted by Crippen LogP contribution is 2.32. The molecule has 0 radical (unpaired) electrons. The van der Waals surface area contributed by atoms with Crippen LogP contribution in [0.15, 0.2) is 24.3 Å². The molecule has 1 amide bonds. The number of piperazine rings is 1. The second-order valence-corrected chi connectivity index (χ2v) is 7.09. The molecule has 1 aromatic rings. The smallest absolute Gasteiger partial charge is 0.223 e. The molecule has 0 spiro atoms. The van der Waals surface area contributed by atoms with Crippen molar-refractivity contribution in [3.8, 4) is 5.75 Å². The molecule has 1 saturated carbocycles. The zero-order valence-electron chi connectivity index (χ0n) is 15.2. The van der Waals surface area contributed by atoms with Gasteiger partial charge in [-0.25, -0.2) is 0 Å². The lowest BCUT2D eigenvalue weighted by Crippen LogP contribution is -2.48. The van der Waals surface area contributed by atoms with Gasteiger partial charge in [-0.2, -0.15) is 0 Å². The summed E-state index contributed by atoms with van der Waals surface area (Å²) in [4.78, 5) is 14.9. The van der Waals surface area contributed by atoms with Gasteiger partial charge in [0.25, 0.3) is 0 Å². The van der Waals surface area contributed by atoms with E-state index in [1.54, 1.807) is 7.11 Å². The Kier molecular flexibility index (Phi) is 8.04. The van der Waals surface area contributed by atoms with Crippen molar-refractivity contribution < 1.29 is 9.53 Å². The normalized spacial score (nSPS) is 21.0. The number of para-hydroxylation sites is 1. The lowest BCUT2D eigenvalue weighted by molar-refractivity contribution is -0.134. The number of ether oxygens (including phenoxy) is 1. The largest absolute Gasteiger partial charge is 0.496 e. The summed E-state index contributed by atoms with van der Waals surface area (Å²) in [6, 6.07) is 8.14. The lowest BCUT2D eigenvalue weighted by Gasteiger charge is -2.37. The monoisotopic (exact) mass is 366 g/mol. The Balaban J connectivity index is 0.00000225. The highest BCUT2D eigenvalue weighted by atomic mass is 35.5. The van der Waals surface area contributed by atoms with Gasteiger partial charge >= 0.3 is 0 Å². The van der Waals surface area contributed by atoms with Crippen LogP contribution < -0.4 is 10.1 Å². The number of amides is 1. The van der Waals surface area contributed by atoms with Crippen molar-refractivity contribution in [1.29, 1.82) is 0 Å². The van der Waals surface area contributed by atoms with Crippen LogP contribution in [-0.4, -0.2) is 37.6 Å². The first-order valence-electron chi connectivity index (χ1n) is 9.42. The van der Waals surface area contributed by atoms with E-state index in [0.29, 0.717) is 12.3 Å². The SMILES string of the molecule is COc1ccccc1C1CNCCN1C(=O)CCCC1CCCC1.Cl. The zero-order valence-corrected chi connectivity index (χ0v) is 16.0. The van der Waals surface area contributed by atoms with Crippen LogP contribution in [0.5, 0.6) is 5.75 Å². The Morgan fingerprint density at radius 2 is 2.04 bits per heavy atom. The number of hydrogen-bond donors (Lipinski definition) is 1. The standard InChI is InChI=1S/C20H30N2O2.ClH/c1-24-19-11-5-4-10-17(19)18-15-21-13-14-22(18)20(23)12-6-9-16-7-2-3-8-16;/h4-5,10-11,16,18,21H,2-3,6-9,12-15H2,1H3;1H. The molecule has 140 valence electrons. The van der Waals surface area contributed by atoms with Gasteiger partial charge < -0.3 is 15.0 Å². The fraction of sp³-hybridized carbons (Fsp3) is 0.650. The van der Waals surface area contributed by atoms with Gasteiger partial charge in [0.1, 0.15) is 5.75 Å². The molecule has 1 aliphatic carbocycles. The number of carbonyl (C=O) groups is 1. The topological polar surface area (TPSA) is 41.6 Å². The quantitative estimate of drug-likeness (QED) is 0.828. The van der Waals surface area contributed by atoms with Crippen molar-refractivity contribution >= 4 is 18.3 Å². The summed E-state index contributed by atoms with van der Waals surface area (Å²) in [5.74, 6) is 2.03. The molecule has 2 fully saturated rings. The minimum Gasteiger partial charge on any atom is -0.496 e. The van der Waals surface area contributed by atoms with E-state index in [1.807, 2.05) is 18.2 Å². The van der Waals surface area contributed by atoms with E-state index in [1.165, 1.54) is 32.1 Å². The van der Waals surface area contributed by atoms with Crippen molar-refractivity contribution in [2.45, 2.75) is 51.0 Å². The number of nitrogens with one attached hydrogen (secondary N) is 1. The minimum atomic E-state index is 0. The van der Waals surface area contributed by atoms with Crippen LogP contribution in [0.1, 0.15) is 56.6 Å². The molecule has 2 aliphatic rings. The lowest BCUT2D eigenvalue weighted by atomic mass is 9.98. The van der Waals surface area contributed by atoms with Gasteiger partial charge in [-0.1, -0.05) is 43.9 Å². The van der Waals surface area contributed by atoms with Crippen LogP contribution in [-0.2, 0) is 4.79 Å². The molecule has 1 atom stereocenters. The summed E-state index contributed by atoms with van der Waals surface area (Å²) < 4.78 is 5.51. The van der Waals surface area contributed by atoms with E-state index in [9.17, 15) is 4.79 Å². The fourth-order valence-electron chi connectivity index (χ4n) is 4.21. The van der Waals surface area contributed by atoms with Crippen molar-refractivity contribution in [1.82, 2.24) is 10.2 Å². The summed E-state index contributed by atoms with van der Waals surface area (Å²) in [5, 5.41) is 3.42. The summed E-state index contributed by atoms with van der Waals surface area (Å²) in [6.07, 6.45) is 8.43. The number of hydrogen-bond acceptors (Lipinski definition) is 3. The first-order chi connectivity index (χ1) is 11.8. The zero-order chi connectivity index (χ0) is 16.8. The Morgan fingerprint density at radius 1 is 1.28 bits per heavy atom. The van der Waals surface area contributed by atoms with Crippen LogP contribution in [0.2, 0.25) is 0 Å². The van der Waals surface area contributed by atoms with Crippen LogP contribution in [0, 0.1) is 5.92 Å². The molecule has 1 aliphatic heterocycles. The van der Waals surface area contributed by atoms with E-state index >= 15 is 0 Å². The predicted octanol–water partition coefficient (Wildman–Crippen LogP) is 3.95.